The number of thiazole rings is 1. The molecular formula is C21H23N3OS2. The van der Waals surface area contributed by atoms with Gasteiger partial charge in [-0.1, -0.05) is 24.3 Å². The Hall–Kier alpha value is -2.18. The highest BCUT2D eigenvalue weighted by atomic mass is 32.1. The van der Waals surface area contributed by atoms with Crippen molar-refractivity contribution < 1.29 is 4.74 Å². The molecule has 4 nitrogen and oxygen atoms in total. The van der Waals surface area contributed by atoms with E-state index in [9.17, 15) is 0 Å². The molecule has 140 valence electrons. The van der Waals surface area contributed by atoms with Gasteiger partial charge >= 0.3 is 0 Å². The van der Waals surface area contributed by atoms with E-state index in [1.807, 2.05) is 23.5 Å². The first kappa shape index (κ1) is 18.2. The summed E-state index contributed by atoms with van der Waals surface area (Å²) in [5.41, 5.74) is 2.30. The number of likely N-dealkylation sites (tertiary alicyclic amines) is 1. The molecule has 2 aromatic carbocycles. The van der Waals surface area contributed by atoms with Gasteiger partial charge in [-0.05, 0) is 54.9 Å². The van der Waals surface area contributed by atoms with Crippen LogP contribution in [0.15, 0.2) is 48.5 Å². The van der Waals surface area contributed by atoms with Crippen LogP contribution >= 0.6 is 23.6 Å². The summed E-state index contributed by atoms with van der Waals surface area (Å²) in [6.07, 6.45) is 2.32. The Morgan fingerprint density at radius 3 is 2.85 bits per heavy atom. The van der Waals surface area contributed by atoms with E-state index in [1.54, 1.807) is 7.11 Å². The highest BCUT2D eigenvalue weighted by molar-refractivity contribution is 7.80. The number of rotatable bonds is 4. The van der Waals surface area contributed by atoms with Crippen molar-refractivity contribution in [3.63, 3.8) is 0 Å². The van der Waals surface area contributed by atoms with E-state index in [0.717, 1.165) is 42.4 Å². The fourth-order valence-electron chi connectivity index (χ4n) is 3.46. The van der Waals surface area contributed by atoms with Crippen molar-refractivity contribution >= 4 is 38.9 Å². The van der Waals surface area contributed by atoms with Crippen LogP contribution in [0.5, 0.6) is 5.75 Å². The predicted octanol–water partition coefficient (Wildman–Crippen LogP) is 4.56. The molecule has 27 heavy (non-hydrogen) atoms. The quantitative estimate of drug-likeness (QED) is 0.653. The van der Waals surface area contributed by atoms with Gasteiger partial charge < -0.3 is 15.0 Å². The Labute approximate surface area is 169 Å². The van der Waals surface area contributed by atoms with Gasteiger partial charge in [0.25, 0.3) is 0 Å². The number of hydrogen-bond acceptors (Lipinski definition) is 4. The number of para-hydroxylation sites is 1. The van der Waals surface area contributed by atoms with Crippen LogP contribution in [0.1, 0.15) is 29.3 Å². The molecule has 0 bridgehead atoms. The Morgan fingerprint density at radius 1 is 1.26 bits per heavy atom. The minimum atomic E-state index is 0.455. The lowest BCUT2D eigenvalue weighted by Crippen LogP contribution is -2.44. The summed E-state index contributed by atoms with van der Waals surface area (Å²) in [5.74, 6) is 1.33. The Kier molecular flexibility index (Phi) is 5.55. The third-order valence-electron chi connectivity index (χ3n) is 4.97. The molecule has 0 amide bonds. The topological polar surface area (TPSA) is 37.4 Å². The van der Waals surface area contributed by atoms with E-state index in [2.05, 4.69) is 46.6 Å². The number of nitrogens with one attached hydrogen (secondary N) is 1. The van der Waals surface area contributed by atoms with Crippen LogP contribution in [0, 0.1) is 0 Å². The molecule has 1 aliphatic rings. The molecule has 1 aromatic heterocycles. The largest absolute Gasteiger partial charge is 0.497 e. The minimum absolute atomic E-state index is 0.455. The van der Waals surface area contributed by atoms with Gasteiger partial charge in [-0.2, -0.15) is 0 Å². The first-order valence-corrected chi connectivity index (χ1v) is 10.5. The average molecular weight is 398 g/mol. The second-order valence-corrected chi connectivity index (χ2v) is 8.26. The molecular weight excluding hydrogens is 374 g/mol. The zero-order chi connectivity index (χ0) is 18.6. The predicted molar refractivity (Wildman–Crippen MR) is 116 cm³/mol. The van der Waals surface area contributed by atoms with Crippen molar-refractivity contribution in [3.8, 4) is 5.75 Å². The van der Waals surface area contributed by atoms with E-state index in [4.69, 9.17) is 21.9 Å². The zero-order valence-corrected chi connectivity index (χ0v) is 17.0. The first-order valence-electron chi connectivity index (χ1n) is 9.24. The summed E-state index contributed by atoms with van der Waals surface area (Å²) >= 11 is 7.48. The van der Waals surface area contributed by atoms with Gasteiger partial charge in [-0.25, -0.2) is 4.98 Å². The smallest absolute Gasteiger partial charge is 0.169 e. The standard InChI is InChI=1S/C21H23N3OS2/c1-25-17-10-8-15(9-11-17)13-22-21(26)24-12-4-5-16(14-24)20-23-18-6-2-3-7-19(18)27-20/h2-3,6-11,16H,4-5,12-14H2,1H3,(H,22,26)/t16-/m0/s1. The van der Waals surface area contributed by atoms with Gasteiger partial charge in [-0.15, -0.1) is 11.3 Å². The summed E-state index contributed by atoms with van der Waals surface area (Å²) in [4.78, 5) is 7.15. The fraction of sp³-hybridized carbons (Fsp3) is 0.333. The Balaban J connectivity index is 1.37. The molecule has 1 atom stereocenters. The molecule has 0 saturated carbocycles. The van der Waals surface area contributed by atoms with Gasteiger partial charge in [-0.3, -0.25) is 0 Å². The van der Waals surface area contributed by atoms with Crippen LogP contribution in [0.4, 0.5) is 0 Å². The van der Waals surface area contributed by atoms with Crippen molar-refractivity contribution in [3.05, 3.63) is 59.1 Å². The summed E-state index contributed by atoms with van der Waals surface area (Å²) in [6.45, 7) is 2.68. The summed E-state index contributed by atoms with van der Waals surface area (Å²) < 4.78 is 6.47. The Bertz CT molecular complexity index is 890. The maximum Gasteiger partial charge on any atom is 0.169 e. The third-order valence-corrected chi connectivity index (χ3v) is 6.57. The summed E-state index contributed by atoms with van der Waals surface area (Å²) in [6, 6.07) is 16.5. The van der Waals surface area contributed by atoms with E-state index >= 15 is 0 Å². The maximum absolute atomic E-state index is 5.66. The van der Waals surface area contributed by atoms with Crippen LogP contribution in [-0.4, -0.2) is 35.2 Å². The number of aromatic nitrogens is 1. The number of methoxy groups -OCH3 is 1. The molecule has 1 fully saturated rings. The molecule has 0 unspecified atom stereocenters. The molecule has 0 spiro atoms. The molecule has 1 N–H and O–H groups in total. The van der Waals surface area contributed by atoms with Gasteiger partial charge in [0, 0.05) is 25.6 Å². The lowest BCUT2D eigenvalue weighted by molar-refractivity contribution is 0.305. The van der Waals surface area contributed by atoms with Gasteiger partial charge in [0.05, 0.1) is 22.3 Å². The van der Waals surface area contributed by atoms with Crippen molar-refractivity contribution in [2.75, 3.05) is 20.2 Å². The van der Waals surface area contributed by atoms with Gasteiger partial charge in [0.15, 0.2) is 5.11 Å². The maximum atomic E-state index is 5.66. The fourth-order valence-corrected chi connectivity index (χ4v) is 4.79. The number of piperidine rings is 1. The number of ether oxygens (including phenoxy) is 1. The van der Waals surface area contributed by atoms with E-state index < -0.39 is 0 Å². The van der Waals surface area contributed by atoms with E-state index in [0.29, 0.717) is 5.92 Å². The second kappa shape index (κ2) is 8.23. The van der Waals surface area contributed by atoms with Gasteiger partial charge in [0.2, 0.25) is 0 Å². The number of hydrogen-bond donors (Lipinski definition) is 1. The highest BCUT2D eigenvalue weighted by Gasteiger charge is 2.25. The van der Waals surface area contributed by atoms with Crippen LogP contribution in [-0.2, 0) is 6.54 Å². The summed E-state index contributed by atoms with van der Waals surface area (Å²) in [5, 5.41) is 5.47. The Morgan fingerprint density at radius 2 is 2.07 bits per heavy atom. The van der Waals surface area contributed by atoms with Crippen LogP contribution in [0.3, 0.4) is 0 Å². The monoisotopic (exact) mass is 397 g/mol. The number of nitrogens with zero attached hydrogens (tertiary/aromatic N) is 2. The molecule has 1 saturated heterocycles. The van der Waals surface area contributed by atoms with Crippen LogP contribution in [0.25, 0.3) is 10.2 Å². The SMILES string of the molecule is COc1ccc(CNC(=S)N2CCC[C@H](c3nc4ccccc4s3)C2)cc1. The number of benzene rings is 2. The van der Waals surface area contributed by atoms with Crippen molar-refractivity contribution in [1.82, 2.24) is 15.2 Å². The first-order chi connectivity index (χ1) is 13.2. The molecule has 6 heteroatoms. The molecule has 2 heterocycles. The third kappa shape index (κ3) is 4.22. The lowest BCUT2D eigenvalue weighted by atomic mass is 9.99. The number of fused-ring (bicyclic) bond motifs is 1. The molecule has 1 aliphatic heterocycles. The van der Waals surface area contributed by atoms with Crippen LogP contribution in [0.2, 0.25) is 0 Å². The van der Waals surface area contributed by atoms with E-state index in [-0.39, 0.29) is 0 Å². The zero-order valence-electron chi connectivity index (χ0n) is 15.4. The van der Waals surface area contributed by atoms with E-state index in [1.165, 1.54) is 21.7 Å². The lowest BCUT2D eigenvalue weighted by Gasteiger charge is -2.33. The normalized spacial score (nSPS) is 17.1. The van der Waals surface area contributed by atoms with Crippen molar-refractivity contribution in [1.29, 1.82) is 0 Å². The molecule has 3 aromatic rings. The van der Waals surface area contributed by atoms with Crippen molar-refractivity contribution in [2.24, 2.45) is 0 Å². The highest BCUT2D eigenvalue weighted by Crippen LogP contribution is 2.32. The second-order valence-electron chi connectivity index (χ2n) is 6.81. The van der Waals surface area contributed by atoms with Crippen molar-refractivity contribution in [2.45, 2.75) is 25.3 Å². The molecule has 0 aliphatic carbocycles. The van der Waals surface area contributed by atoms with Gasteiger partial charge in [0.1, 0.15) is 5.75 Å². The molecule has 0 radical (unpaired) electrons. The molecule has 4 rings (SSSR count). The van der Waals surface area contributed by atoms with Crippen LogP contribution < -0.4 is 10.1 Å². The average Bonchev–Trinajstić information content (AvgIpc) is 3.17. The number of thiocarbonyl (C=S) groups is 1. The minimum Gasteiger partial charge on any atom is -0.497 e. The summed E-state index contributed by atoms with van der Waals surface area (Å²) in [7, 11) is 1.68.